The van der Waals surface area contributed by atoms with Crippen LogP contribution in [0.3, 0.4) is 0 Å². The lowest BCUT2D eigenvalue weighted by Crippen LogP contribution is -2.31. The first kappa shape index (κ1) is 25.3. The van der Waals surface area contributed by atoms with Crippen LogP contribution < -0.4 is 19.5 Å². The zero-order valence-corrected chi connectivity index (χ0v) is 20.4. The maximum atomic E-state index is 12.1. The minimum absolute atomic E-state index is 0.0828. The van der Waals surface area contributed by atoms with Crippen molar-refractivity contribution in [1.29, 1.82) is 0 Å². The standard InChI is InChI=1S/C26H30N2O5S/c1-19(2)28-34(30,31)18-22-8-6-21(7-9-22)16-27-26(29)17-32-23-12-14-25(15-13-23)33-24-10-4-20(3)5-11-24/h4-15,19,28H,16-18H2,1-3H3,(H,27,29). The third kappa shape index (κ3) is 8.53. The summed E-state index contributed by atoms with van der Waals surface area (Å²) in [5.41, 5.74) is 2.71. The Morgan fingerprint density at radius 2 is 1.35 bits per heavy atom. The van der Waals surface area contributed by atoms with E-state index in [-0.39, 0.29) is 24.3 Å². The van der Waals surface area contributed by atoms with Crippen molar-refractivity contribution in [1.82, 2.24) is 10.0 Å². The number of hydrogen-bond donors (Lipinski definition) is 2. The molecule has 0 aliphatic rings. The minimum atomic E-state index is -3.37. The predicted molar refractivity (Wildman–Crippen MR) is 132 cm³/mol. The van der Waals surface area contributed by atoms with Crippen LogP contribution in [0.4, 0.5) is 0 Å². The van der Waals surface area contributed by atoms with Gasteiger partial charge in [0, 0.05) is 12.6 Å². The van der Waals surface area contributed by atoms with E-state index in [0.29, 0.717) is 23.6 Å². The van der Waals surface area contributed by atoms with Crippen molar-refractivity contribution >= 4 is 15.9 Å². The number of nitrogens with one attached hydrogen (secondary N) is 2. The molecule has 3 rings (SSSR count). The number of aryl methyl sites for hydroxylation is 1. The summed E-state index contributed by atoms with van der Waals surface area (Å²) < 4.78 is 37.9. The Kier molecular flexibility index (Phi) is 8.67. The Morgan fingerprint density at radius 3 is 1.94 bits per heavy atom. The fourth-order valence-corrected chi connectivity index (χ4v) is 4.55. The normalized spacial score (nSPS) is 11.3. The summed E-state index contributed by atoms with van der Waals surface area (Å²) in [6.45, 7) is 5.79. The monoisotopic (exact) mass is 482 g/mol. The molecule has 0 fully saturated rings. The molecule has 0 aromatic heterocycles. The van der Waals surface area contributed by atoms with Crippen LogP contribution in [0.25, 0.3) is 0 Å². The van der Waals surface area contributed by atoms with Crippen molar-refractivity contribution < 1.29 is 22.7 Å². The van der Waals surface area contributed by atoms with Crippen LogP contribution in [0.15, 0.2) is 72.8 Å². The van der Waals surface area contributed by atoms with Crippen LogP contribution in [0.2, 0.25) is 0 Å². The van der Waals surface area contributed by atoms with Crippen LogP contribution in [0, 0.1) is 6.92 Å². The molecule has 0 atom stereocenters. The molecule has 0 spiro atoms. The van der Waals surface area contributed by atoms with Gasteiger partial charge in [0.1, 0.15) is 17.2 Å². The van der Waals surface area contributed by atoms with E-state index in [0.717, 1.165) is 16.9 Å². The number of amides is 1. The van der Waals surface area contributed by atoms with Gasteiger partial charge in [-0.25, -0.2) is 13.1 Å². The number of sulfonamides is 1. The molecule has 34 heavy (non-hydrogen) atoms. The van der Waals surface area contributed by atoms with E-state index in [2.05, 4.69) is 10.0 Å². The van der Waals surface area contributed by atoms with Crippen molar-refractivity contribution in [2.24, 2.45) is 0 Å². The Morgan fingerprint density at radius 1 is 0.824 bits per heavy atom. The van der Waals surface area contributed by atoms with Gasteiger partial charge < -0.3 is 14.8 Å². The largest absolute Gasteiger partial charge is 0.484 e. The summed E-state index contributed by atoms with van der Waals surface area (Å²) in [4.78, 5) is 12.1. The second kappa shape index (κ2) is 11.7. The van der Waals surface area contributed by atoms with Gasteiger partial charge in [0.05, 0.1) is 5.75 Å². The summed E-state index contributed by atoms with van der Waals surface area (Å²) >= 11 is 0. The number of hydrogen-bond acceptors (Lipinski definition) is 5. The first-order chi connectivity index (χ1) is 16.2. The van der Waals surface area contributed by atoms with Crippen molar-refractivity contribution in [2.45, 2.75) is 39.1 Å². The molecule has 0 radical (unpaired) electrons. The molecule has 0 bridgehead atoms. The van der Waals surface area contributed by atoms with E-state index in [1.54, 1.807) is 62.4 Å². The second-order valence-corrected chi connectivity index (χ2v) is 10.1. The Bertz CT molecular complexity index is 1170. The number of benzene rings is 3. The third-order valence-corrected chi connectivity index (χ3v) is 6.28. The average Bonchev–Trinajstić information content (AvgIpc) is 2.78. The Hall–Kier alpha value is -3.36. The zero-order valence-electron chi connectivity index (χ0n) is 19.6. The fourth-order valence-electron chi connectivity index (χ4n) is 3.12. The number of carbonyl (C=O) groups excluding carboxylic acids is 1. The van der Waals surface area contributed by atoms with Crippen LogP contribution in [-0.4, -0.2) is 27.0 Å². The van der Waals surface area contributed by atoms with Gasteiger partial charge in [-0.15, -0.1) is 0 Å². The van der Waals surface area contributed by atoms with Crippen LogP contribution >= 0.6 is 0 Å². The smallest absolute Gasteiger partial charge is 0.258 e. The molecule has 8 heteroatoms. The van der Waals surface area contributed by atoms with E-state index in [1.165, 1.54) is 0 Å². The van der Waals surface area contributed by atoms with E-state index in [4.69, 9.17) is 9.47 Å². The van der Waals surface area contributed by atoms with Crippen LogP contribution in [-0.2, 0) is 27.1 Å². The highest BCUT2D eigenvalue weighted by atomic mass is 32.2. The van der Waals surface area contributed by atoms with Gasteiger partial charge in [-0.1, -0.05) is 42.0 Å². The lowest BCUT2D eigenvalue weighted by atomic mass is 10.1. The Balaban J connectivity index is 1.41. The average molecular weight is 483 g/mol. The first-order valence-corrected chi connectivity index (χ1v) is 12.7. The molecule has 0 saturated heterocycles. The quantitative estimate of drug-likeness (QED) is 0.425. The molecular weight excluding hydrogens is 452 g/mol. The molecule has 2 N–H and O–H groups in total. The fraction of sp³-hybridized carbons (Fsp3) is 0.269. The minimum Gasteiger partial charge on any atom is -0.484 e. The predicted octanol–water partition coefficient (Wildman–Crippen LogP) is 4.31. The van der Waals surface area contributed by atoms with Gasteiger partial charge in [-0.3, -0.25) is 4.79 Å². The summed E-state index contributed by atoms with van der Waals surface area (Å²) in [7, 11) is -3.37. The lowest BCUT2D eigenvalue weighted by molar-refractivity contribution is -0.123. The van der Waals surface area contributed by atoms with Crippen molar-refractivity contribution in [3.05, 3.63) is 89.5 Å². The van der Waals surface area contributed by atoms with Gasteiger partial charge in [0.15, 0.2) is 6.61 Å². The second-order valence-electron chi connectivity index (χ2n) is 8.30. The van der Waals surface area contributed by atoms with Gasteiger partial charge in [-0.2, -0.15) is 0 Å². The molecule has 0 unspecified atom stereocenters. The zero-order chi connectivity index (χ0) is 24.6. The summed E-state index contributed by atoms with van der Waals surface area (Å²) in [5, 5.41) is 2.79. The Labute approximate surface area is 201 Å². The van der Waals surface area contributed by atoms with Gasteiger partial charge in [0.25, 0.3) is 5.91 Å². The molecule has 0 heterocycles. The molecule has 180 valence electrons. The molecule has 1 amide bonds. The van der Waals surface area contributed by atoms with Gasteiger partial charge in [0.2, 0.25) is 10.0 Å². The number of carbonyl (C=O) groups is 1. The highest BCUT2D eigenvalue weighted by Gasteiger charge is 2.13. The van der Waals surface area contributed by atoms with E-state index in [9.17, 15) is 13.2 Å². The van der Waals surface area contributed by atoms with Crippen LogP contribution in [0.1, 0.15) is 30.5 Å². The van der Waals surface area contributed by atoms with Gasteiger partial charge in [-0.05, 0) is 68.3 Å². The van der Waals surface area contributed by atoms with Crippen molar-refractivity contribution in [3.8, 4) is 17.2 Å². The summed E-state index contributed by atoms with van der Waals surface area (Å²) in [6, 6.07) is 21.8. The van der Waals surface area contributed by atoms with E-state index in [1.807, 2.05) is 31.2 Å². The summed E-state index contributed by atoms with van der Waals surface area (Å²) in [6.07, 6.45) is 0. The topological polar surface area (TPSA) is 93.7 Å². The lowest BCUT2D eigenvalue weighted by Gasteiger charge is -2.11. The van der Waals surface area contributed by atoms with Crippen molar-refractivity contribution in [3.63, 3.8) is 0 Å². The number of rotatable bonds is 11. The SMILES string of the molecule is Cc1ccc(Oc2ccc(OCC(=O)NCc3ccc(CS(=O)(=O)NC(C)C)cc3)cc2)cc1. The molecule has 0 saturated carbocycles. The molecule has 0 aliphatic heterocycles. The summed E-state index contributed by atoms with van der Waals surface area (Å²) in [5.74, 6) is 1.65. The number of ether oxygens (including phenoxy) is 2. The van der Waals surface area contributed by atoms with E-state index >= 15 is 0 Å². The first-order valence-electron chi connectivity index (χ1n) is 11.0. The third-order valence-electron chi connectivity index (χ3n) is 4.73. The van der Waals surface area contributed by atoms with E-state index < -0.39 is 10.0 Å². The molecule has 0 aliphatic carbocycles. The molecule has 3 aromatic rings. The molecular formula is C26H30N2O5S. The highest BCUT2D eigenvalue weighted by molar-refractivity contribution is 7.88. The maximum absolute atomic E-state index is 12.1. The molecule has 3 aromatic carbocycles. The highest BCUT2D eigenvalue weighted by Crippen LogP contribution is 2.24. The van der Waals surface area contributed by atoms with Crippen LogP contribution in [0.5, 0.6) is 17.2 Å². The maximum Gasteiger partial charge on any atom is 0.258 e. The van der Waals surface area contributed by atoms with Gasteiger partial charge >= 0.3 is 0 Å². The van der Waals surface area contributed by atoms with Crippen molar-refractivity contribution in [2.75, 3.05) is 6.61 Å². The molecule has 7 nitrogen and oxygen atoms in total.